The van der Waals surface area contributed by atoms with Crippen molar-refractivity contribution in [2.45, 2.75) is 118 Å². The van der Waals surface area contributed by atoms with E-state index in [0.717, 1.165) is 55.2 Å². The van der Waals surface area contributed by atoms with Crippen LogP contribution in [0.15, 0.2) is 18.2 Å². The molecular weight excluding hydrogens is 454 g/mol. The Morgan fingerprint density at radius 3 is 2.31 bits per heavy atom. The van der Waals surface area contributed by atoms with Crippen molar-refractivity contribution in [1.82, 2.24) is 15.5 Å². The van der Waals surface area contributed by atoms with Crippen LogP contribution in [0, 0.1) is 19.8 Å². The van der Waals surface area contributed by atoms with E-state index in [1.807, 2.05) is 45.9 Å². The molecule has 0 spiro atoms. The summed E-state index contributed by atoms with van der Waals surface area (Å²) in [5.41, 5.74) is 2.24. The minimum absolute atomic E-state index is 0.0505. The zero-order valence-corrected chi connectivity index (χ0v) is 23.6. The predicted octanol–water partition coefficient (Wildman–Crippen LogP) is 5.58. The van der Waals surface area contributed by atoms with Gasteiger partial charge in [0.15, 0.2) is 0 Å². The normalized spacial score (nSPS) is 15.6. The minimum atomic E-state index is -0.805. The summed E-state index contributed by atoms with van der Waals surface area (Å²) < 4.78 is 5.45. The zero-order chi connectivity index (χ0) is 27.0. The van der Waals surface area contributed by atoms with Crippen LogP contribution in [-0.2, 0) is 14.3 Å². The van der Waals surface area contributed by atoms with E-state index in [1.165, 1.54) is 0 Å². The molecular formula is C29H47N3O4. The third kappa shape index (κ3) is 7.97. The molecule has 2 N–H and O–H groups in total. The van der Waals surface area contributed by atoms with Gasteiger partial charge < -0.3 is 20.3 Å². The Labute approximate surface area is 217 Å². The number of aryl methyl sites for hydroxylation is 1. The van der Waals surface area contributed by atoms with Gasteiger partial charge in [-0.15, -0.1) is 0 Å². The fourth-order valence-electron chi connectivity index (χ4n) is 4.46. The second kappa shape index (κ2) is 13.1. The summed E-state index contributed by atoms with van der Waals surface area (Å²) in [5, 5.41) is 5.90. The molecule has 202 valence electrons. The third-order valence-corrected chi connectivity index (χ3v) is 6.87. The van der Waals surface area contributed by atoms with E-state index in [2.05, 4.69) is 17.6 Å². The number of carbonyl (C=O) groups is 3. The maximum atomic E-state index is 14.2. The van der Waals surface area contributed by atoms with Crippen molar-refractivity contribution in [3.05, 3.63) is 34.9 Å². The molecule has 0 heterocycles. The van der Waals surface area contributed by atoms with E-state index in [9.17, 15) is 14.4 Å². The van der Waals surface area contributed by atoms with Gasteiger partial charge in [0.05, 0.1) is 0 Å². The van der Waals surface area contributed by atoms with Crippen molar-refractivity contribution in [2.24, 2.45) is 5.92 Å². The van der Waals surface area contributed by atoms with E-state index >= 15 is 0 Å². The Hall–Kier alpha value is -2.57. The van der Waals surface area contributed by atoms with E-state index in [1.54, 1.807) is 25.7 Å². The minimum Gasteiger partial charge on any atom is -0.444 e. The summed E-state index contributed by atoms with van der Waals surface area (Å²) in [6.07, 6.45) is 5.06. The standard InChI is InChI=1S/C29H47N3O4/c1-9-10-11-18-30-26(33)25(23-17-12-14-20(4)21(23)5)32(22-15-13-16-22)27(34)24(19(2)3)31-28(35)36-29(6,7)8/h12,14,17,19,22,24-25H,9-11,13,15-16,18H2,1-8H3,(H,30,33)(H,31,35). The number of nitrogens with zero attached hydrogens (tertiary/aromatic N) is 1. The molecule has 7 nitrogen and oxygen atoms in total. The number of hydrogen-bond donors (Lipinski definition) is 2. The fraction of sp³-hybridized carbons (Fsp3) is 0.690. The summed E-state index contributed by atoms with van der Waals surface area (Å²) in [5.74, 6) is -0.588. The summed E-state index contributed by atoms with van der Waals surface area (Å²) in [6, 6.07) is 4.30. The van der Waals surface area contributed by atoms with Crippen LogP contribution in [0.3, 0.4) is 0 Å². The molecule has 0 aliphatic heterocycles. The van der Waals surface area contributed by atoms with Crippen molar-refractivity contribution >= 4 is 17.9 Å². The van der Waals surface area contributed by atoms with Crippen LogP contribution < -0.4 is 10.6 Å². The lowest BCUT2D eigenvalue weighted by Crippen LogP contribution is -2.59. The number of alkyl carbamates (subject to hydrolysis) is 1. The Balaban J connectivity index is 2.47. The molecule has 0 bridgehead atoms. The molecule has 2 rings (SSSR count). The van der Waals surface area contributed by atoms with Gasteiger partial charge in [-0.3, -0.25) is 9.59 Å². The second-order valence-corrected chi connectivity index (χ2v) is 11.4. The van der Waals surface area contributed by atoms with Crippen molar-refractivity contribution in [1.29, 1.82) is 0 Å². The molecule has 1 aromatic carbocycles. The van der Waals surface area contributed by atoms with Crippen LogP contribution in [0.5, 0.6) is 0 Å². The van der Waals surface area contributed by atoms with E-state index < -0.39 is 23.8 Å². The van der Waals surface area contributed by atoms with Crippen LogP contribution in [0.2, 0.25) is 0 Å². The van der Waals surface area contributed by atoms with E-state index in [4.69, 9.17) is 4.74 Å². The Morgan fingerprint density at radius 1 is 1.11 bits per heavy atom. The highest BCUT2D eigenvalue weighted by Crippen LogP contribution is 2.36. The fourth-order valence-corrected chi connectivity index (χ4v) is 4.46. The third-order valence-electron chi connectivity index (χ3n) is 6.87. The molecule has 0 radical (unpaired) electrons. The van der Waals surface area contributed by atoms with Gasteiger partial charge in [-0.05, 0) is 82.9 Å². The number of ether oxygens (including phenoxy) is 1. The SMILES string of the molecule is CCCCCNC(=O)C(c1cccc(C)c1C)N(C(=O)C(NC(=O)OC(C)(C)C)C(C)C)C1CCC1. The monoisotopic (exact) mass is 501 g/mol. The van der Waals surface area contributed by atoms with Crippen molar-refractivity contribution in [3.8, 4) is 0 Å². The Morgan fingerprint density at radius 2 is 1.78 bits per heavy atom. The summed E-state index contributed by atoms with van der Waals surface area (Å²) >= 11 is 0. The first kappa shape index (κ1) is 29.7. The van der Waals surface area contributed by atoms with Crippen LogP contribution in [0.1, 0.15) is 103 Å². The van der Waals surface area contributed by atoms with E-state index in [0.29, 0.717) is 6.54 Å². The maximum absolute atomic E-state index is 14.2. The summed E-state index contributed by atoms with van der Waals surface area (Å²) in [4.78, 5) is 42.3. The molecule has 1 aromatic rings. The van der Waals surface area contributed by atoms with Gasteiger partial charge in [0.25, 0.3) is 0 Å². The predicted molar refractivity (Wildman–Crippen MR) is 144 cm³/mol. The molecule has 2 unspecified atom stereocenters. The zero-order valence-electron chi connectivity index (χ0n) is 23.6. The molecule has 36 heavy (non-hydrogen) atoms. The largest absolute Gasteiger partial charge is 0.444 e. The highest BCUT2D eigenvalue weighted by molar-refractivity contribution is 5.92. The molecule has 0 aromatic heterocycles. The molecule has 1 aliphatic carbocycles. The smallest absolute Gasteiger partial charge is 0.408 e. The van der Waals surface area contributed by atoms with Gasteiger partial charge in [-0.25, -0.2) is 4.79 Å². The Kier molecular flexibility index (Phi) is 10.8. The first-order chi connectivity index (χ1) is 16.9. The van der Waals surface area contributed by atoms with Gasteiger partial charge in [0.1, 0.15) is 17.7 Å². The van der Waals surface area contributed by atoms with Gasteiger partial charge in [0.2, 0.25) is 11.8 Å². The molecule has 2 atom stereocenters. The average Bonchev–Trinajstić information content (AvgIpc) is 2.74. The molecule has 7 heteroatoms. The van der Waals surface area contributed by atoms with Crippen molar-refractivity contribution in [2.75, 3.05) is 6.54 Å². The highest BCUT2D eigenvalue weighted by Gasteiger charge is 2.43. The van der Waals surface area contributed by atoms with Gasteiger partial charge in [-0.1, -0.05) is 51.8 Å². The van der Waals surface area contributed by atoms with Crippen LogP contribution in [0.25, 0.3) is 0 Å². The van der Waals surface area contributed by atoms with Gasteiger partial charge in [0, 0.05) is 12.6 Å². The molecule has 1 fully saturated rings. The Bertz CT molecular complexity index is 902. The quantitative estimate of drug-likeness (QED) is 0.387. The van der Waals surface area contributed by atoms with E-state index in [-0.39, 0.29) is 23.8 Å². The van der Waals surface area contributed by atoms with Crippen LogP contribution >= 0.6 is 0 Å². The molecule has 1 aliphatic rings. The topological polar surface area (TPSA) is 87.7 Å². The van der Waals surface area contributed by atoms with Crippen LogP contribution in [-0.4, -0.2) is 47.0 Å². The maximum Gasteiger partial charge on any atom is 0.408 e. The number of benzene rings is 1. The lowest BCUT2D eigenvalue weighted by molar-refractivity contribution is -0.148. The lowest BCUT2D eigenvalue weighted by atomic mass is 9.86. The van der Waals surface area contributed by atoms with Crippen LogP contribution in [0.4, 0.5) is 4.79 Å². The number of hydrogen-bond acceptors (Lipinski definition) is 4. The highest BCUT2D eigenvalue weighted by atomic mass is 16.6. The average molecular weight is 502 g/mol. The number of carbonyl (C=O) groups excluding carboxylic acids is 3. The second-order valence-electron chi connectivity index (χ2n) is 11.4. The van der Waals surface area contributed by atoms with Crippen molar-refractivity contribution < 1.29 is 19.1 Å². The molecule has 1 saturated carbocycles. The number of amides is 3. The van der Waals surface area contributed by atoms with Gasteiger partial charge >= 0.3 is 6.09 Å². The summed E-state index contributed by atoms with van der Waals surface area (Å²) in [6.45, 7) is 15.9. The number of unbranched alkanes of at least 4 members (excludes halogenated alkanes) is 2. The lowest BCUT2D eigenvalue weighted by Gasteiger charge is -2.44. The van der Waals surface area contributed by atoms with Gasteiger partial charge in [-0.2, -0.15) is 0 Å². The number of nitrogens with one attached hydrogen (secondary N) is 2. The first-order valence-corrected chi connectivity index (χ1v) is 13.5. The van der Waals surface area contributed by atoms with Crippen molar-refractivity contribution in [3.63, 3.8) is 0 Å². The first-order valence-electron chi connectivity index (χ1n) is 13.5. The summed E-state index contributed by atoms with van der Waals surface area (Å²) in [7, 11) is 0. The molecule has 3 amide bonds. The molecule has 0 saturated heterocycles. The number of rotatable bonds is 11.